The zero-order valence-corrected chi connectivity index (χ0v) is 9.68. The van der Waals surface area contributed by atoms with Gasteiger partial charge in [-0.3, -0.25) is 9.59 Å². The summed E-state index contributed by atoms with van der Waals surface area (Å²) >= 11 is 0. The van der Waals surface area contributed by atoms with Crippen LogP contribution in [0.5, 0.6) is 0 Å². The van der Waals surface area contributed by atoms with Crippen molar-refractivity contribution in [2.24, 2.45) is 17.8 Å². The minimum atomic E-state index is -0.921. The summed E-state index contributed by atoms with van der Waals surface area (Å²) in [5.74, 6) is -2.33. The number of hydrogen-bond acceptors (Lipinski definition) is 3. The lowest BCUT2D eigenvalue weighted by Gasteiger charge is -2.22. The topological polar surface area (TPSA) is 63.6 Å². The number of carboxylic acid groups (broad SMARTS) is 1. The highest BCUT2D eigenvalue weighted by Gasteiger charge is 2.34. The number of carboxylic acids is 1. The van der Waals surface area contributed by atoms with Gasteiger partial charge in [-0.1, -0.05) is 26.0 Å². The van der Waals surface area contributed by atoms with Crippen LogP contribution in [0.1, 0.15) is 26.7 Å². The molecule has 1 aliphatic rings. The predicted molar refractivity (Wildman–Crippen MR) is 58.8 cm³/mol. The van der Waals surface area contributed by atoms with Crippen LogP contribution in [0.3, 0.4) is 0 Å². The fourth-order valence-electron chi connectivity index (χ4n) is 1.70. The lowest BCUT2D eigenvalue weighted by atomic mass is 9.84. The molecule has 2 unspecified atom stereocenters. The molecular weight excluding hydrogens is 208 g/mol. The molecule has 0 fully saturated rings. The largest absolute Gasteiger partial charge is 0.481 e. The van der Waals surface area contributed by atoms with Crippen LogP contribution >= 0.6 is 0 Å². The number of carbonyl (C=O) groups is 2. The Hall–Kier alpha value is -1.32. The predicted octanol–water partition coefficient (Wildman–Crippen LogP) is 1.85. The van der Waals surface area contributed by atoms with E-state index in [0.29, 0.717) is 19.4 Å². The van der Waals surface area contributed by atoms with Crippen LogP contribution in [0, 0.1) is 17.8 Å². The summed E-state index contributed by atoms with van der Waals surface area (Å²) in [5.41, 5.74) is 0. The van der Waals surface area contributed by atoms with E-state index in [9.17, 15) is 9.59 Å². The van der Waals surface area contributed by atoms with Crippen LogP contribution in [-0.2, 0) is 14.3 Å². The molecule has 0 amide bonds. The fourth-order valence-corrected chi connectivity index (χ4v) is 1.70. The number of allylic oxidation sites excluding steroid dienone is 1. The van der Waals surface area contributed by atoms with E-state index in [-0.39, 0.29) is 5.92 Å². The molecule has 0 heterocycles. The number of hydrogen-bond donors (Lipinski definition) is 1. The van der Waals surface area contributed by atoms with Gasteiger partial charge in [-0.25, -0.2) is 0 Å². The summed E-state index contributed by atoms with van der Waals surface area (Å²) in [6.07, 6.45) is 4.73. The Labute approximate surface area is 95.3 Å². The van der Waals surface area contributed by atoms with E-state index in [1.54, 1.807) is 6.08 Å². The van der Waals surface area contributed by atoms with Crippen molar-refractivity contribution in [3.05, 3.63) is 12.2 Å². The van der Waals surface area contributed by atoms with E-state index in [4.69, 9.17) is 9.84 Å². The number of aliphatic carboxylic acids is 1. The summed E-state index contributed by atoms with van der Waals surface area (Å²) < 4.78 is 5.07. The first kappa shape index (κ1) is 12.7. The van der Waals surface area contributed by atoms with Gasteiger partial charge in [0.05, 0.1) is 18.4 Å². The van der Waals surface area contributed by atoms with Gasteiger partial charge in [0.25, 0.3) is 0 Å². The molecule has 16 heavy (non-hydrogen) atoms. The SMILES string of the molecule is CC(C)COC(=O)C1C=CCCC1C(=O)O. The van der Waals surface area contributed by atoms with E-state index in [1.807, 2.05) is 19.9 Å². The average Bonchev–Trinajstić information content (AvgIpc) is 2.25. The van der Waals surface area contributed by atoms with Crippen molar-refractivity contribution in [2.45, 2.75) is 26.7 Å². The van der Waals surface area contributed by atoms with E-state index < -0.39 is 23.8 Å². The van der Waals surface area contributed by atoms with Crippen molar-refractivity contribution in [3.8, 4) is 0 Å². The van der Waals surface area contributed by atoms with Crippen molar-refractivity contribution < 1.29 is 19.4 Å². The monoisotopic (exact) mass is 226 g/mol. The van der Waals surface area contributed by atoms with Crippen molar-refractivity contribution in [1.29, 1.82) is 0 Å². The van der Waals surface area contributed by atoms with Gasteiger partial charge >= 0.3 is 11.9 Å². The zero-order valence-electron chi connectivity index (χ0n) is 9.68. The van der Waals surface area contributed by atoms with Crippen LogP contribution in [0.4, 0.5) is 0 Å². The highest BCUT2D eigenvalue weighted by molar-refractivity contribution is 5.83. The Morgan fingerprint density at radius 2 is 2.19 bits per heavy atom. The van der Waals surface area contributed by atoms with Gasteiger partial charge in [0.2, 0.25) is 0 Å². The highest BCUT2D eigenvalue weighted by Crippen LogP contribution is 2.26. The van der Waals surface area contributed by atoms with Gasteiger partial charge in [-0.2, -0.15) is 0 Å². The Morgan fingerprint density at radius 1 is 1.50 bits per heavy atom. The standard InChI is InChI=1S/C12H18O4/c1-8(2)7-16-12(15)10-6-4-3-5-9(10)11(13)14/h4,6,8-10H,3,5,7H2,1-2H3,(H,13,14). The molecule has 1 rings (SSSR count). The zero-order chi connectivity index (χ0) is 12.1. The van der Waals surface area contributed by atoms with Crippen molar-refractivity contribution in [2.75, 3.05) is 6.61 Å². The minimum absolute atomic E-state index is 0.264. The molecule has 4 heteroatoms. The molecule has 0 saturated heterocycles. The van der Waals surface area contributed by atoms with Gasteiger partial charge in [0.1, 0.15) is 0 Å². The summed E-state index contributed by atoms with van der Waals surface area (Å²) in [6, 6.07) is 0. The number of rotatable bonds is 4. The van der Waals surface area contributed by atoms with Crippen molar-refractivity contribution in [3.63, 3.8) is 0 Å². The van der Waals surface area contributed by atoms with Gasteiger partial charge in [-0.05, 0) is 18.8 Å². The van der Waals surface area contributed by atoms with E-state index >= 15 is 0 Å². The third-order valence-electron chi connectivity index (χ3n) is 2.57. The summed E-state index contributed by atoms with van der Waals surface area (Å²) in [7, 11) is 0. The normalized spacial score (nSPS) is 24.4. The molecule has 0 spiro atoms. The molecule has 0 bridgehead atoms. The lowest BCUT2D eigenvalue weighted by Crippen LogP contribution is -2.32. The molecule has 0 aromatic carbocycles. The summed E-state index contributed by atoms with van der Waals surface area (Å²) in [6.45, 7) is 4.23. The maximum absolute atomic E-state index is 11.7. The van der Waals surface area contributed by atoms with E-state index in [0.717, 1.165) is 0 Å². The molecule has 1 aliphatic carbocycles. The molecule has 0 aromatic rings. The second-order valence-electron chi connectivity index (χ2n) is 4.50. The van der Waals surface area contributed by atoms with E-state index in [1.165, 1.54) is 0 Å². The second-order valence-corrected chi connectivity index (χ2v) is 4.50. The number of ether oxygens (including phenoxy) is 1. The van der Waals surface area contributed by atoms with Crippen LogP contribution in [0.25, 0.3) is 0 Å². The molecule has 90 valence electrons. The third-order valence-corrected chi connectivity index (χ3v) is 2.57. The molecule has 2 atom stereocenters. The molecular formula is C12H18O4. The smallest absolute Gasteiger partial charge is 0.313 e. The van der Waals surface area contributed by atoms with Crippen molar-refractivity contribution >= 4 is 11.9 Å². The minimum Gasteiger partial charge on any atom is -0.481 e. The maximum Gasteiger partial charge on any atom is 0.313 e. The molecule has 0 aromatic heterocycles. The van der Waals surface area contributed by atoms with Crippen LogP contribution in [-0.4, -0.2) is 23.7 Å². The van der Waals surface area contributed by atoms with E-state index in [2.05, 4.69) is 0 Å². The second kappa shape index (κ2) is 5.68. The molecule has 0 aliphatic heterocycles. The summed E-state index contributed by atoms with van der Waals surface area (Å²) in [4.78, 5) is 22.6. The van der Waals surface area contributed by atoms with Gasteiger partial charge in [-0.15, -0.1) is 0 Å². The van der Waals surface area contributed by atoms with Gasteiger partial charge in [0, 0.05) is 0 Å². The van der Waals surface area contributed by atoms with Crippen molar-refractivity contribution in [1.82, 2.24) is 0 Å². The van der Waals surface area contributed by atoms with Gasteiger partial charge < -0.3 is 9.84 Å². The van der Waals surface area contributed by atoms with Crippen LogP contribution < -0.4 is 0 Å². The maximum atomic E-state index is 11.7. The number of esters is 1. The average molecular weight is 226 g/mol. The Balaban J connectivity index is 2.61. The Bertz CT molecular complexity index is 293. The Morgan fingerprint density at radius 3 is 2.75 bits per heavy atom. The molecule has 4 nitrogen and oxygen atoms in total. The molecule has 1 N–H and O–H groups in total. The highest BCUT2D eigenvalue weighted by atomic mass is 16.5. The lowest BCUT2D eigenvalue weighted by molar-refractivity contribution is -0.156. The third kappa shape index (κ3) is 3.36. The molecule has 0 radical (unpaired) electrons. The van der Waals surface area contributed by atoms with Gasteiger partial charge in [0.15, 0.2) is 0 Å². The Kier molecular flexibility index (Phi) is 4.52. The first-order valence-corrected chi connectivity index (χ1v) is 5.58. The first-order chi connectivity index (χ1) is 7.52. The summed E-state index contributed by atoms with van der Waals surface area (Å²) in [5, 5.41) is 8.99. The van der Waals surface area contributed by atoms with Crippen LogP contribution in [0.2, 0.25) is 0 Å². The quantitative estimate of drug-likeness (QED) is 0.587. The fraction of sp³-hybridized carbons (Fsp3) is 0.667. The first-order valence-electron chi connectivity index (χ1n) is 5.58. The number of carbonyl (C=O) groups excluding carboxylic acids is 1. The van der Waals surface area contributed by atoms with Crippen LogP contribution in [0.15, 0.2) is 12.2 Å². The molecule has 0 saturated carbocycles.